The van der Waals surface area contributed by atoms with E-state index in [1.165, 1.54) is 0 Å². The fourth-order valence-corrected chi connectivity index (χ4v) is 5.26. The predicted molar refractivity (Wildman–Crippen MR) is 106 cm³/mol. The lowest BCUT2D eigenvalue weighted by Crippen LogP contribution is -2.69. The van der Waals surface area contributed by atoms with Crippen molar-refractivity contribution >= 4 is 23.0 Å². The minimum absolute atomic E-state index is 0.175. The lowest BCUT2D eigenvalue weighted by atomic mass is 9.80. The van der Waals surface area contributed by atoms with E-state index in [9.17, 15) is 0 Å². The molecule has 26 heavy (non-hydrogen) atoms. The number of thiocarbonyl (C=S) groups is 1. The summed E-state index contributed by atoms with van der Waals surface area (Å²) in [5.74, 6) is 2.05. The first-order chi connectivity index (χ1) is 12.7. The number of fused-ring (bicyclic) bond motifs is 2. The molecule has 1 saturated carbocycles. The highest BCUT2D eigenvalue weighted by molar-refractivity contribution is 7.80. The van der Waals surface area contributed by atoms with Crippen molar-refractivity contribution in [3.8, 4) is 11.5 Å². The summed E-state index contributed by atoms with van der Waals surface area (Å²) in [6.07, 6.45) is 3.22. The molecule has 1 aliphatic carbocycles. The Morgan fingerprint density at radius 2 is 2.08 bits per heavy atom. The van der Waals surface area contributed by atoms with Crippen LogP contribution in [0.2, 0.25) is 0 Å². The molecule has 2 bridgehead atoms. The predicted octanol–water partition coefficient (Wildman–Crippen LogP) is 4.41. The molecule has 3 unspecified atom stereocenters. The molecular weight excluding hydrogens is 344 g/mol. The number of ether oxygens (including phenoxy) is 2. The zero-order chi connectivity index (χ0) is 17.7. The van der Waals surface area contributed by atoms with Gasteiger partial charge in [-0.3, -0.25) is 4.90 Å². The average molecular weight is 366 g/mol. The molecule has 2 heterocycles. The van der Waals surface area contributed by atoms with Gasteiger partial charge in [0.25, 0.3) is 0 Å². The smallest absolute Gasteiger partial charge is 0.194 e. The van der Waals surface area contributed by atoms with Crippen LogP contribution in [-0.2, 0) is 0 Å². The molecule has 0 amide bonds. The van der Waals surface area contributed by atoms with Crippen molar-refractivity contribution in [2.75, 3.05) is 11.5 Å². The molecule has 3 aliphatic rings. The van der Waals surface area contributed by atoms with Crippen LogP contribution in [0.15, 0.2) is 48.5 Å². The minimum Gasteiger partial charge on any atom is -0.490 e. The average Bonchev–Trinajstić information content (AvgIpc) is 3.08. The summed E-state index contributed by atoms with van der Waals surface area (Å²) in [7, 11) is 0. The molecule has 0 aromatic heterocycles. The summed E-state index contributed by atoms with van der Waals surface area (Å²) in [5, 5.41) is 4.35. The molecular formula is C21H22N2O2S. The Morgan fingerprint density at radius 1 is 1.23 bits per heavy atom. The number of rotatable bonds is 3. The SMILES string of the molecule is CCOc1cccc2c1OC13CCCC1C2NC(=S)N3c1ccccc1. The maximum Gasteiger partial charge on any atom is 0.194 e. The molecule has 134 valence electrons. The number of hydrogen-bond acceptors (Lipinski definition) is 3. The third-order valence-electron chi connectivity index (χ3n) is 5.83. The van der Waals surface area contributed by atoms with Crippen LogP contribution in [0.1, 0.15) is 37.8 Å². The molecule has 5 heteroatoms. The van der Waals surface area contributed by atoms with E-state index in [4.69, 9.17) is 21.7 Å². The van der Waals surface area contributed by atoms with Crippen molar-refractivity contribution in [2.24, 2.45) is 5.92 Å². The van der Waals surface area contributed by atoms with Crippen LogP contribution in [0.4, 0.5) is 5.69 Å². The fourth-order valence-electron chi connectivity index (χ4n) is 4.87. The van der Waals surface area contributed by atoms with Gasteiger partial charge in [-0.25, -0.2) is 0 Å². The lowest BCUT2D eigenvalue weighted by Gasteiger charge is -2.56. The van der Waals surface area contributed by atoms with Gasteiger partial charge in [0.2, 0.25) is 0 Å². The van der Waals surface area contributed by atoms with Gasteiger partial charge in [-0.2, -0.15) is 0 Å². The molecule has 4 nitrogen and oxygen atoms in total. The van der Waals surface area contributed by atoms with Gasteiger partial charge in [0, 0.05) is 23.6 Å². The van der Waals surface area contributed by atoms with E-state index in [0.717, 1.165) is 47.1 Å². The van der Waals surface area contributed by atoms with Gasteiger partial charge in [0.1, 0.15) is 0 Å². The van der Waals surface area contributed by atoms with Gasteiger partial charge in [-0.05, 0) is 50.2 Å². The van der Waals surface area contributed by atoms with Gasteiger partial charge in [0.05, 0.1) is 12.6 Å². The fraction of sp³-hybridized carbons (Fsp3) is 0.381. The molecule has 2 aromatic rings. The van der Waals surface area contributed by atoms with E-state index in [1.807, 2.05) is 37.3 Å². The van der Waals surface area contributed by atoms with Gasteiger partial charge in [-0.1, -0.05) is 30.3 Å². The first-order valence-corrected chi connectivity index (χ1v) is 9.76. The summed E-state index contributed by atoms with van der Waals surface area (Å²) in [6.45, 7) is 2.62. The highest BCUT2D eigenvalue weighted by Gasteiger charge is 2.61. The molecule has 1 N–H and O–H groups in total. The molecule has 2 aromatic carbocycles. The van der Waals surface area contributed by atoms with Crippen molar-refractivity contribution < 1.29 is 9.47 Å². The second-order valence-corrected chi connectivity index (χ2v) is 7.54. The maximum absolute atomic E-state index is 6.81. The van der Waals surface area contributed by atoms with Crippen LogP contribution >= 0.6 is 12.2 Å². The molecule has 3 atom stereocenters. The highest BCUT2D eigenvalue weighted by Crippen LogP contribution is 2.58. The highest BCUT2D eigenvalue weighted by atomic mass is 32.1. The van der Waals surface area contributed by atoms with E-state index in [1.54, 1.807) is 0 Å². The Kier molecular flexibility index (Phi) is 3.60. The summed E-state index contributed by atoms with van der Waals surface area (Å²) in [5.41, 5.74) is 1.80. The topological polar surface area (TPSA) is 33.7 Å². The standard InChI is InChI=1S/C21H22N2O2S/c1-2-24-17-12-6-10-15-18-16-11-7-13-21(16,25-19(15)17)23(20(26)22-18)14-8-4-3-5-9-14/h3-6,8-10,12,16,18H,2,7,11,13H2,1H3,(H,22,26). The molecule has 2 fully saturated rings. The number of benzene rings is 2. The van der Waals surface area contributed by atoms with Crippen molar-refractivity contribution in [3.05, 3.63) is 54.1 Å². The number of nitrogens with one attached hydrogen (secondary N) is 1. The Hall–Kier alpha value is -2.27. The van der Waals surface area contributed by atoms with E-state index < -0.39 is 5.72 Å². The quantitative estimate of drug-likeness (QED) is 0.814. The van der Waals surface area contributed by atoms with Crippen molar-refractivity contribution in [1.82, 2.24) is 5.32 Å². The molecule has 0 radical (unpaired) electrons. The van der Waals surface area contributed by atoms with Gasteiger partial charge in [0.15, 0.2) is 22.3 Å². The van der Waals surface area contributed by atoms with E-state index >= 15 is 0 Å². The van der Waals surface area contributed by atoms with Crippen molar-refractivity contribution in [1.29, 1.82) is 0 Å². The lowest BCUT2D eigenvalue weighted by molar-refractivity contribution is -0.00776. The third-order valence-corrected chi connectivity index (χ3v) is 6.13. The monoisotopic (exact) mass is 366 g/mol. The Morgan fingerprint density at radius 3 is 2.88 bits per heavy atom. The second-order valence-electron chi connectivity index (χ2n) is 7.15. The van der Waals surface area contributed by atoms with Gasteiger partial charge in [-0.15, -0.1) is 0 Å². The number of nitrogens with zero attached hydrogens (tertiary/aromatic N) is 1. The first kappa shape index (κ1) is 15.9. The third kappa shape index (κ3) is 2.10. The largest absolute Gasteiger partial charge is 0.490 e. The Balaban J connectivity index is 1.69. The number of anilines is 1. The van der Waals surface area contributed by atoms with Crippen LogP contribution in [0.5, 0.6) is 11.5 Å². The summed E-state index contributed by atoms with van der Waals surface area (Å²) in [6, 6.07) is 16.7. The zero-order valence-corrected chi connectivity index (χ0v) is 15.6. The van der Waals surface area contributed by atoms with Crippen LogP contribution in [0.3, 0.4) is 0 Å². The summed E-state index contributed by atoms with van der Waals surface area (Å²) in [4.78, 5) is 2.20. The number of para-hydroxylation sites is 2. The molecule has 0 spiro atoms. The van der Waals surface area contributed by atoms with Crippen LogP contribution < -0.4 is 19.7 Å². The summed E-state index contributed by atoms with van der Waals surface area (Å²) >= 11 is 5.80. The summed E-state index contributed by atoms with van der Waals surface area (Å²) < 4.78 is 12.7. The Labute approximate surface area is 159 Å². The molecule has 2 aliphatic heterocycles. The van der Waals surface area contributed by atoms with Crippen molar-refractivity contribution in [3.63, 3.8) is 0 Å². The van der Waals surface area contributed by atoms with Crippen LogP contribution in [0, 0.1) is 5.92 Å². The van der Waals surface area contributed by atoms with E-state index in [-0.39, 0.29) is 6.04 Å². The normalized spacial score (nSPS) is 28.7. The van der Waals surface area contributed by atoms with E-state index in [2.05, 4.69) is 28.4 Å². The van der Waals surface area contributed by atoms with Crippen LogP contribution in [0.25, 0.3) is 0 Å². The second kappa shape index (κ2) is 5.88. The van der Waals surface area contributed by atoms with E-state index in [0.29, 0.717) is 12.5 Å². The van der Waals surface area contributed by atoms with Gasteiger partial charge < -0.3 is 14.8 Å². The zero-order valence-electron chi connectivity index (χ0n) is 14.8. The molecule has 1 saturated heterocycles. The minimum atomic E-state index is -0.436. The van der Waals surface area contributed by atoms with Gasteiger partial charge >= 0.3 is 0 Å². The molecule has 5 rings (SSSR count). The number of hydrogen-bond donors (Lipinski definition) is 1. The van der Waals surface area contributed by atoms with Crippen molar-refractivity contribution in [2.45, 2.75) is 38.0 Å². The Bertz CT molecular complexity index is 856. The first-order valence-electron chi connectivity index (χ1n) is 9.35. The van der Waals surface area contributed by atoms with Crippen LogP contribution in [-0.4, -0.2) is 17.4 Å². The maximum atomic E-state index is 6.81.